The summed E-state index contributed by atoms with van der Waals surface area (Å²) >= 11 is 0. The monoisotopic (exact) mass is 444 g/mol. The number of hydrogen-bond acceptors (Lipinski definition) is 6. The number of anilines is 2. The van der Waals surface area contributed by atoms with Gasteiger partial charge in [-0.3, -0.25) is 19.7 Å². The second-order valence-corrected chi connectivity index (χ2v) is 8.70. The third-order valence-corrected chi connectivity index (χ3v) is 5.89. The summed E-state index contributed by atoms with van der Waals surface area (Å²) in [6.07, 6.45) is 3.21. The van der Waals surface area contributed by atoms with Crippen LogP contribution in [0.1, 0.15) is 29.9 Å². The average molecular weight is 445 g/mol. The van der Waals surface area contributed by atoms with Gasteiger partial charge in [0.2, 0.25) is 0 Å². The summed E-state index contributed by atoms with van der Waals surface area (Å²) < 4.78 is 14.6. The summed E-state index contributed by atoms with van der Waals surface area (Å²) in [6, 6.07) is 11.0. The molecule has 0 unspecified atom stereocenters. The predicted molar refractivity (Wildman–Crippen MR) is 128 cm³/mol. The molecule has 1 amide bonds. The van der Waals surface area contributed by atoms with Crippen molar-refractivity contribution in [3.63, 3.8) is 0 Å². The molecule has 168 valence electrons. The minimum Gasteiger partial charge on any atom is -0.367 e. The number of aryl methyl sites for hydroxylation is 1. The van der Waals surface area contributed by atoms with Crippen molar-refractivity contribution in [3.8, 4) is 0 Å². The van der Waals surface area contributed by atoms with Gasteiger partial charge in [0.05, 0.1) is 11.3 Å². The van der Waals surface area contributed by atoms with Gasteiger partial charge < -0.3 is 15.5 Å². The highest BCUT2D eigenvalue weighted by Crippen LogP contribution is 2.29. The van der Waals surface area contributed by atoms with Gasteiger partial charge in [-0.15, -0.1) is 0 Å². The van der Waals surface area contributed by atoms with Crippen molar-refractivity contribution in [3.05, 3.63) is 65.9 Å². The fraction of sp³-hybridized carbons (Fsp3) is 0.280. The quantitative estimate of drug-likeness (QED) is 0.496. The van der Waals surface area contributed by atoms with E-state index in [2.05, 4.69) is 44.3 Å². The van der Waals surface area contributed by atoms with Crippen molar-refractivity contribution >= 4 is 39.2 Å². The topological polar surface area (TPSA) is 83.0 Å². The van der Waals surface area contributed by atoms with E-state index in [9.17, 15) is 9.18 Å². The summed E-state index contributed by atoms with van der Waals surface area (Å²) in [4.78, 5) is 28.7. The number of rotatable bonds is 3. The van der Waals surface area contributed by atoms with E-state index in [1.165, 1.54) is 6.07 Å². The highest BCUT2D eigenvalue weighted by molar-refractivity contribution is 6.13. The van der Waals surface area contributed by atoms with E-state index in [0.717, 1.165) is 24.5 Å². The van der Waals surface area contributed by atoms with Gasteiger partial charge in [0, 0.05) is 54.3 Å². The maximum absolute atomic E-state index is 14.6. The summed E-state index contributed by atoms with van der Waals surface area (Å²) in [5.41, 5.74) is 3.92. The van der Waals surface area contributed by atoms with E-state index >= 15 is 0 Å². The molecular weight excluding hydrogens is 419 g/mol. The molecule has 0 radical (unpaired) electrons. The first kappa shape index (κ1) is 21.2. The molecule has 0 bridgehead atoms. The van der Waals surface area contributed by atoms with Crippen LogP contribution in [0.3, 0.4) is 0 Å². The maximum atomic E-state index is 14.6. The zero-order chi connectivity index (χ0) is 23.1. The number of carbonyl (C=O) groups is 1. The van der Waals surface area contributed by atoms with Crippen LogP contribution in [-0.4, -0.2) is 46.0 Å². The fourth-order valence-electron chi connectivity index (χ4n) is 4.56. The van der Waals surface area contributed by atoms with Crippen molar-refractivity contribution in [1.82, 2.24) is 20.3 Å². The molecule has 8 heteroatoms. The summed E-state index contributed by atoms with van der Waals surface area (Å²) in [6.45, 7) is 7.79. The van der Waals surface area contributed by atoms with Crippen molar-refractivity contribution in [2.75, 3.05) is 23.3 Å². The number of hydrogen-bond donors (Lipinski definition) is 2. The SMILES string of the molecule is Cc1ccc2cc(NC(=O)c3ccc(N4C[C@@H](C)N[C@@H](C)C4)c4nccnc34)cc(F)c2n1. The first-order chi connectivity index (χ1) is 15.9. The third-order valence-electron chi connectivity index (χ3n) is 5.89. The van der Waals surface area contributed by atoms with Gasteiger partial charge in [0.1, 0.15) is 16.6 Å². The lowest BCUT2D eigenvalue weighted by Crippen LogP contribution is -2.54. The van der Waals surface area contributed by atoms with Crippen LogP contribution < -0.4 is 15.5 Å². The minimum atomic E-state index is -0.478. The second kappa shape index (κ2) is 8.37. The zero-order valence-electron chi connectivity index (χ0n) is 18.8. The number of halogens is 1. The number of carbonyl (C=O) groups excluding carboxylic acids is 1. The summed E-state index contributed by atoms with van der Waals surface area (Å²) in [5, 5.41) is 6.96. The summed E-state index contributed by atoms with van der Waals surface area (Å²) in [5.74, 6) is -0.846. The molecule has 5 rings (SSSR count). The highest BCUT2D eigenvalue weighted by atomic mass is 19.1. The molecule has 1 saturated heterocycles. The fourth-order valence-corrected chi connectivity index (χ4v) is 4.56. The molecule has 7 nitrogen and oxygen atoms in total. The van der Waals surface area contributed by atoms with Crippen LogP contribution in [-0.2, 0) is 0 Å². The molecule has 2 N–H and O–H groups in total. The Balaban J connectivity index is 1.50. The van der Waals surface area contributed by atoms with Gasteiger partial charge in [-0.2, -0.15) is 0 Å². The third kappa shape index (κ3) is 4.09. The Morgan fingerprint density at radius 3 is 2.52 bits per heavy atom. The van der Waals surface area contributed by atoms with Crippen molar-refractivity contribution < 1.29 is 9.18 Å². The molecule has 1 aliphatic heterocycles. The lowest BCUT2D eigenvalue weighted by molar-refractivity contribution is 0.102. The van der Waals surface area contributed by atoms with Crippen molar-refractivity contribution in [1.29, 1.82) is 0 Å². The first-order valence-electron chi connectivity index (χ1n) is 11.0. The molecule has 33 heavy (non-hydrogen) atoms. The Morgan fingerprint density at radius 2 is 1.76 bits per heavy atom. The Kier molecular flexibility index (Phi) is 5.38. The molecule has 2 aromatic heterocycles. The molecule has 2 aromatic carbocycles. The Hall–Kier alpha value is -3.65. The maximum Gasteiger partial charge on any atom is 0.257 e. The number of benzene rings is 2. The van der Waals surface area contributed by atoms with Crippen LogP contribution >= 0.6 is 0 Å². The molecule has 0 saturated carbocycles. The number of aromatic nitrogens is 3. The van der Waals surface area contributed by atoms with Gasteiger partial charge in [-0.25, -0.2) is 4.39 Å². The molecule has 0 spiro atoms. The van der Waals surface area contributed by atoms with Gasteiger partial charge in [0.15, 0.2) is 5.82 Å². The first-order valence-corrected chi connectivity index (χ1v) is 11.0. The largest absolute Gasteiger partial charge is 0.367 e. The lowest BCUT2D eigenvalue weighted by atomic mass is 10.1. The normalized spacial score (nSPS) is 18.6. The van der Waals surface area contributed by atoms with E-state index in [1.807, 2.05) is 19.1 Å². The number of nitrogens with one attached hydrogen (secondary N) is 2. The van der Waals surface area contributed by atoms with Gasteiger partial charge >= 0.3 is 0 Å². The second-order valence-electron chi connectivity index (χ2n) is 8.70. The van der Waals surface area contributed by atoms with E-state index in [1.54, 1.807) is 30.6 Å². The molecular formula is C25H25FN6O. The molecule has 4 aromatic rings. The Morgan fingerprint density at radius 1 is 1.03 bits per heavy atom. The summed E-state index contributed by atoms with van der Waals surface area (Å²) in [7, 11) is 0. The van der Waals surface area contributed by atoms with E-state index < -0.39 is 5.82 Å². The molecule has 0 aliphatic carbocycles. The smallest absolute Gasteiger partial charge is 0.257 e. The van der Waals surface area contributed by atoms with Crippen molar-refractivity contribution in [2.24, 2.45) is 0 Å². The molecule has 1 fully saturated rings. The van der Waals surface area contributed by atoms with E-state index in [-0.39, 0.29) is 11.4 Å². The standard InChI is InChI=1S/C25H25FN6O/c1-14-4-5-17-10-18(11-20(26)22(17)30-14)31-25(33)19-6-7-21(24-23(19)27-8-9-28-24)32-12-15(2)29-16(3)13-32/h4-11,15-16,29H,12-13H2,1-3H3,(H,31,33)/t15-,16+. The van der Waals surface area contributed by atoms with Crippen LogP contribution in [0.25, 0.3) is 21.9 Å². The Bertz CT molecular complexity index is 1360. The van der Waals surface area contributed by atoms with E-state index in [0.29, 0.717) is 39.8 Å². The highest BCUT2D eigenvalue weighted by Gasteiger charge is 2.24. The van der Waals surface area contributed by atoms with Crippen LogP contribution in [0.5, 0.6) is 0 Å². The molecule has 2 atom stereocenters. The molecule has 3 heterocycles. The van der Waals surface area contributed by atoms with Crippen LogP contribution in [0.2, 0.25) is 0 Å². The van der Waals surface area contributed by atoms with Crippen LogP contribution in [0.4, 0.5) is 15.8 Å². The van der Waals surface area contributed by atoms with Gasteiger partial charge in [0.25, 0.3) is 5.91 Å². The number of amides is 1. The van der Waals surface area contributed by atoms with Gasteiger partial charge in [-0.1, -0.05) is 6.07 Å². The van der Waals surface area contributed by atoms with Gasteiger partial charge in [-0.05, 0) is 51.1 Å². The van der Waals surface area contributed by atoms with Crippen LogP contribution in [0, 0.1) is 12.7 Å². The predicted octanol–water partition coefficient (Wildman–Crippen LogP) is 4.06. The number of fused-ring (bicyclic) bond motifs is 2. The Labute approximate surface area is 191 Å². The number of piperazine rings is 1. The van der Waals surface area contributed by atoms with Crippen LogP contribution in [0.15, 0.2) is 48.8 Å². The lowest BCUT2D eigenvalue weighted by Gasteiger charge is -2.38. The number of nitrogens with zero attached hydrogens (tertiary/aromatic N) is 4. The van der Waals surface area contributed by atoms with E-state index in [4.69, 9.17) is 0 Å². The average Bonchev–Trinajstić information content (AvgIpc) is 2.78. The zero-order valence-corrected chi connectivity index (χ0v) is 18.8. The number of pyridine rings is 1. The minimum absolute atomic E-state index is 0.285. The van der Waals surface area contributed by atoms with Crippen molar-refractivity contribution in [2.45, 2.75) is 32.9 Å². The molecule has 1 aliphatic rings.